The largest absolute Gasteiger partial charge is 0.322 e. The lowest BCUT2D eigenvalue weighted by Crippen LogP contribution is -2.30. The molecule has 0 unspecified atom stereocenters. The topological polar surface area (TPSA) is 66.5 Å². The fourth-order valence-corrected chi connectivity index (χ4v) is 4.24. The smallest absolute Gasteiger partial charge is 0.255 e. The van der Waals surface area contributed by atoms with E-state index in [1.807, 2.05) is 0 Å². The van der Waals surface area contributed by atoms with Crippen LogP contribution in [0.4, 0.5) is 10.1 Å². The molecule has 0 spiro atoms. The second-order valence-corrected chi connectivity index (χ2v) is 7.51. The van der Waals surface area contributed by atoms with Crippen LogP contribution in [-0.4, -0.2) is 31.7 Å². The summed E-state index contributed by atoms with van der Waals surface area (Å²) in [7, 11) is -3.76. The van der Waals surface area contributed by atoms with E-state index in [2.05, 4.69) is 5.32 Å². The van der Waals surface area contributed by atoms with Crippen molar-refractivity contribution in [1.82, 2.24) is 4.31 Å². The summed E-state index contributed by atoms with van der Waals surface area (Å²) < 4.78 is 39.5. The Labute approximate surface area is 151 Å². The average molecular weight is 385 g/mol. The van der Waals surface area contributed by atoms with Gasteiger partial charge in [0.25, 0.3) is 5.91 Å². The Kier molecular flexibility index (Phi) is 6.16. The van der Waals surface area contributed by atoms with Crippen LogP contribution in [0.1, 0.15) is 24.2 Å². The zero-order valence-corrected chi connectivity index (χ0v) is 15.4. The number of benzene rings is 2. The summed E-state index contributed by atoms with van der Waals surface area (Å²) in [6.45, 7) is 4.08. The van der Waals surface area contributed by atoms with Gasteiger partial charge in [-0.3, -0.25) is 4.79 Å². The standard InChI is InChI=1S/C17H18ClFN2O3S/c1-3-21(4-2)25(23,24)16-11-14(9-10-15(16)18)20-17(22)12-5-7-13(19)8-6-12/h5-11H,3-4H2,1-2H3,(H,20,22). The van der Waals surface area contributed by atoms with Gasteiger partial charge in [-0.2, -0.15) is 4.31 Å². The van der Waals surface area contributed by atoms with E-state index in [-0.39, 0.29) is 21.2 Å². The minimum atomic E-state index is -3.76. The van der Waals surface area contributed by atoms with E-state index in [1.54, 1.807) is 13.8 Å². The van der Waals surface area contributed by atoms with Crippen LogP contribution in [0.3, 0.4) is 0 Å². The molecule has 5 nitrogen and oxygen atoms in total. The molecule has 134 valence electrons. The summed E-state index contributed by atoms with van der Waals surface area (Å²) in [5.74, 6) is -0.927. The highest BCUT2D eigenvalue weighted by Crippen LogP contribution is 2.28. The van der Waals surface area contributed by atoms with Crippen LogP contribution in [-0.2, 0) is 10.0 Å². The molecule has 0 aliphatic carbocycles. The average Bonchev–Trinajstić information content (AvgIpc) is 2.57. The van der Waals surface area contributed by atoms with Crippen molar-refractivity contribution in [3.63, 3.8) is 0 Å². The van der Waals surface area contributed by atoms with Crippen molar-refractivity contribution in [2.75, 3.05) is 18.4 Å². The first-order valence-electron chi connectivity index (χ1n) is 7.66. The monoisotopic (exact) mass is 384 g/mol. The van der Waals surface area contributed by atoms with Crippen molar-refractivity contribution >= 4 is 33.2 Å². The molecule has 1 N–H and O–H groups in total. The number of nitrogens with zero attached hydrogens (tertiary/aromatic N) is 1. The fourth-order valence-electron chi connectivity index (χ4n) is 2.29. The summed E-state index contributed by atoms with van der Waals surface area (Å²) in [5.41, 5.74) is 0.536. The van der Waals surface area contributed by atoms with E-state index < -0.39 is 21.7 Å². The predicted molar refractivity (Wildman–Crippen MR) is 95.9 cm³/mol. The van der Waals surface area contributed by atoms with Crippen LogP contribution in [0, 0.1) is 5.82 Å². The third-order valence-corrected chi connectivity index (χ3v) is 6.15. The molecule has 0 saturated heterocycles. The van der Waals surface area contributed by atoms with Gasteiger partial charge < -0.3 is 5.32 Å². The Balaban J connectivity index is 2.33. The molecule has 0 bridgehead atoms. The second kappa shape index (κ2) is 7.95. The van der Waals surface area contributed by atoms with E-state index in [1.165, 1.54) is 46.8 Å². The van der Waals surface area contributed by atoms with Crippen molar-refractivity contribution in [3.8, 4) is 0 Å². The number of nitrogens with one attached hydrogen (secondary N) is 1. The summed E-state index contributed by atoms with van der Waals surface area (Å²) in [6.07, 6.45) is 0. The van der Waals surface area contributed by atoms with Crippen LogP contribution < -0.4 is 5.32 Å². The van der Waals surface area contributed by atoms with E-state index >= 15 is 0 Å². The van der Waals surface area contributed by atoms with Crippen molar-refractivity contribution in [2.45, 2.75) is 18.7 Å². The molecule has 0 saturated carbocycles. The summed E-state index contributed by atoms with van der Waals surface area (Å²) in [4.78, 5) is 12.1. The van der Waals surface area contributed by atoms with Crippen molar-refractivity contribution in [2.24, 2.45) is 0 Å². The molecule has 0 fully saturated rings. The summed E-state index contributed by atoms with van der Waals surface area (Å²) in [5, 5.41) is 2.66. The molecular weight excluding hydrogens is 367 g/mol. The van der Waals surface area contributed by atoms with Gasteiger partial charge in [-0.25, -0.2) is 12.8 Å². The van der Waals surface area contributed by atoms with Gasteiger partial charge in [0.2, 0.25) is 10.0 Å². The number of anilines is 1. The maximum absolute atomic E-state index is 12.9. The molecule has 0 atom stereocenters. The van der Waals surface area contributed by atoms with E-state index in [0.29, 0.717) is 13.1 Å². The van der Waals surface area contributed by atoms with Gasteiger partial charge in [0.1, 0.15) is 10.7 Å². The SMILES string of the molecule is CCN(CC)S(=O)(=O)c1cc(NC(=O)c2ccc(F)cc2)ccc1Cl. The first kappa shape index (κ1) is 19.4. The number of hydrogen-bond acceptors (Lipinski definition) is 3. The zero-order chi connectivity index (χ0) is 18.6. The zero-order valence-electron chi connectivity index (χ0n) is 13.8. The van der Waals surface area contributed by atoms with Gasteiger partial charge in [-0.1, -0.05) is 25.4 Å². The number of amides is 1. The van der Waals surface area contributed by atoms with Crippen molar-refractivity contribution in [1.29, 1.82) is 0 Å². The fraction of sp³-hybridized carbons (Fsp3) is 0.235. The van der Waals surface area contributed by atoms with Gasteiger partial charge in [0.15, 0.2) is 0 Å². The lowest BCUT2D eigenvalue weighted by atomic mass is 10.2. The molecule has 2 rings (SSSR count). The highest BCUT2D eigenvalue weighted by molar-refractivity contribution is 7.89. The van der Waals surface area contributed by atoms with Gasteiger partial charge in [-0.05, 0) is 42.5 Å². The summed E-state index contributed by atoms with van der Waals surface area (Å²) >= 11 is 6.05. The maximum Gasteiger partial charge on any atom is 0.255 e. The predicted octanol–water partition coefficient (Wildman–Crippen LogP) is 3.76. The number of sulfonamides is 1. The Morgan fingerprint density at radius 1 is 1.12 bits per heavy atom. The normalized spacial score (nSPS) is 11.6. The second-order valence-electron chi connectivity index (χ2n) is 5.20. The molecule has 1 amide bonds. The molecule has 0 aromatic heterocycles. The molecule has 25 heavy (non-hydrogen) atoms. The Bertz CT molecular complexity index is 866. The lowest BCUT2D eigenvalue weighted by Gasteiger charge is -2.19. The first-order valence-corrected chi connectivity index (χ1v) is 9.48. The van der Waals surface area contributed by atoms with Crippen LogP contribution in [0.5, 0.6) is 0 Å². The molecule has 0 aliphatic rings. The molecule has 0 radical (unpaired) electrons. The van der Waals surface area contributed by atoms with Gasteiger partial charge in [-0.15, -0.1) is 0 Å². The number of carbonyl (C=O) groups excluding carboxylic acids is 1. The lowest BCUT2D eigenvalue weighted by molar-refractivity contribution is 0.102. The first-order chi connectivity index (χ1) is 11.8. The molecular formula is C17H18ClFN2O3S. The Morgan fingerprint density at radius 2 is 1.72 bits per heavy atom. The summed E-state index contributed by atoms with van der Waals surface area (Å²) in [6, 6.07) is 9.27. The van der Waals surface area contributed by atoms with Crippen LogP contribution in [0.25, 0.3) is 0 Å². The van der Waals surface area contributed by atoms with Crippen molar-refractivity contribution in [3.05, 3.63) is 58.9 Å². The van der Waals surface area contributed by atoms with Gasteiger partial charge in [0, 0.05) is 24.3 Å². The minimum absolute atomic E-state index is 0.0743. The van der Waals surface area contributed by atoms with Crippen LogP contribution in [0.2, 0.25) is 5.02 Å². The third-order valence-electron chi connectivity index (χ3n) is 3.62. The quantitative estimate of drug-likeness (QED) is 0.824. The number of carbonyl (C=O) groups is 1. The molecule has 0 heterocycles. The van der Waals surface area contributed by atoms with Crippen molar-refractivity contribution < 1.29 is 17.6 Å². The number of rotatable bonds is 6. The highest BCUT2D eigenvalue weighted by atomic mass is 35.5. The molecule has 2 aromatic rings. The third kappa shape index (κ3) is 4.36. The van der Waals surface area contributed by atoms with E-state index in [4.69, 9.17) is 11.6 Å². The Hall–Kier alpha value is -1.96. The molecule has 0 aliphatic heterocycles. The van der Waals surface area contributed by atoms with Gasteiger partial charge in [0.05, 0.1) is 5.02 Å². The minimum Gasteiger partial charge on any atom is -0.322 e. The van der Waals surface area contributed by atoms with Crippen LogP contribution >= 0.6 is 11.6 Å². The maximum atomic E-state index is 12.9. The van der Waals surface area contributed by atoms with E-state index in [0.717, 1.165) is 0 Å². The molecule has 8 heteroatoms. The van der Waals surface area contributed by atoms with E-state index in [9.17, 15) is 17.6 Å². The van der Waals surface area contributed by atoms with Crippen LogP contribution in [0.15, 0.2) is 47.4 Å². The number of hydrogen-bond donors (Lipinski definition) is 1. The highest BCUT2D eigenvalue weighted by Gasteiger charge is 2.25. The molecule has 2 aromatic carbocycles. The Morgan fingerprint density at radius 3 is 2.28 bits per heavy atom. The van der Waals surface area contributed by atoms with Gasteiger partial charge >= 0.3 is 0 Å². The number of halogens is 2.